The van der Waals surface area contributed by atoms with E-state index in [4.69, 9.17) is 4.74 Å². The second kappa shape index (κ2) is 7.38. The summed E-state index contributed by atoms with van der Waals surface area (Å²) in [5.74, 6) is 0.505. The topological polar surface area (TPSA) is 33.3 Å². The maximum atomic E-state index is 14.0. The van der Waals surface area contributed by atoms with E-state index in [0.717, 1.165) is 17.9 Å². The molecule has 3 nitrogen and oxygen atoms in total. The van der Waals surface area contributed by atoms with Crippen molar-refractivity contribution in [3.05, 3.63) is 65.5 Å². The Morgan fingerprint density at radius 3 is 2.64 bits per heavy atom. The summed E-state index contributed by atoms with van der Waals surface area (Å²) in [6, 6.07) is 15.1. The standard InChI is InChI=1S/C18H21FN2O/c19-18-10-15(11-20-21-17-4-2-1-3-5-17)8-9-16(18)13-22-12-14-6-7-14/h1-5,8-10,14,20-21H,6-7,11-13H2. The van der Waals surface area contributed by atoms with Gasteiger partial charge in [-0.05, 0) is 42.5 Å². The average molecular weight is 300 g/mol. The Kier molecular flexibility index (Phi) is 5.03. The molecule has 1 saturated carbocycles. The van der Waals surface area contributed by atoms with Gasteiger partial charge in [0.2, 0.25) is 0 Å². The summed E-state index contributed by atoms with van der Waals surface area (Å²) in [6.07, 6.45) is 2.50. The molecule has 0 saturated heterocycles. The summed E-state index contributed by atoms with van der Waals surface area (Å²) in [6.45, 7) is 1.66. The molecule has 0 unspecified atom stereocenters. The van der Waals surface area contributed by atoms with Crippen molar-refractivity contribution in [3.8, 4) is 0 Å². The predicted molar refractivity (Wildman–Crippen MR) is 85.7 cm³/mol. The molecule has 1 aliphatic carbocycles. The Morgan fingerprint density at radius 2 is 1.91 bits per heavy atom. The number of rotatable bonds is 8. The van der Waals surface area contributed by atoms with Crippen LogP contribution in [0.3, 0.4) is 0 Å². The van der Waals surface area contributed by atoms with Gasteiger partial charge in [0, 0.05) is 24.4 Å². The molecule has 2 aromatic rings. The quantitative estimate of drug-likeness (QED) is 0.726. The lowest BCUT2D eigenvalue weighted by atomic mass is 10.1. The van der Waals surface area contributed by atoms with Crippen molar-refractivity contribution in [1.82, 2.24) is 5.43 Å². The van der Waals surface area contributed by atoms with Crippen LogP contribution in [-0.4, -0.2) is 6.61 Å². The van der Waals surface area contributed by atoms with Gasteiger partial charge in [-0.25, -0.2) is 9.82 Å². The van der Waals surface area contributed by atoms with Crippen LogP contribution in [0.15, 0.2) is 48.5 Å². The molecule has 0 amide bonds. The number of halogens is 1. The van der Waals surface area contributed by atoms with Crippen LogP contribution in [0.1, 0.15) is 24.0 Å². The van der Waals surface area contributed by atoms with E-state index < -0.39 is 0 Å². The van der Waals surface area contributed by atoms with E-state index in [1.807, 2.05) is 42.5 Å². The Bertz CT molecular complexity index is 599. The van der Waals surface area contributed by atoms with Gasteiger partial charge in [0.25, 0.3) is 0 Å². The molecule has 0 aliphatic heterocycles. The molecule has 0 radical (unpaired) electrons. The van der Waals surface area contributed by atoms with Crippen molar-refractivity contribution >= 4 is 5.69 Å². The first kappa shape index (κ1) is 15.0. The first-order chi connectivity index (χ1) is 10.8. The third-order valence-electron chi connectivity index (χ3n) is 3.72. The third-order valence-corrected chi connectivity index (χ3v) is 3.72. The molecule has 4 heteroatoms. The van der Waals surface area contributed by atoms with Gasteiger partial charge in [-0.1, -0.05) is 30.3 Å². The number of anilines is 1. The highest BCUT2D eigenvalue weighted by molar-refractivity contribution is 5.41. The minimum Gasteiger partial charge on any atom is -0.376 e. The molecule has 116 valence electrons. The molecule has 0 spiro atoms. The zero-order valence-corrected chi connectivity index (χ0v) is 12.5. The van der Waals surface area contributed by atoms with Gasteiger partial charge in [-0.15, -0.1) is 0 Å². The van der Waals surface area contributed by atoms with Crippen LogP contribution < -0.4 is 10.9 Å². The molecule has 2 aromatic carbocycles. The normalized spacial score (nSPS) is 14.0. The highest BCUT2D eigenvalue weighted by Crippen LogP contribution is 2.29. The van der Waals surface area contributed by atoms with Crippen LogP contribution in [0, 0.1) is 11.7 Å². The van der Waals surface area contributed by atoms with Crippen LogP contribution >= 0.6 is 0 Å². The number of para-hydroxylation sites is 1. The lowest BCUT2D eigenvalue weighted by Gasteiger charge is -2.10. The van der Waals surface area contributed by atoms with Gasteiger partial charge in [-0.3, -0.25) is 0 Å². The smallest absolute Gasteiger partial charge is 0.129 e. The fourth-order valence-electron chi connectivity index (χ4n) is 2.21. The molecule has 0 aromatic heterocycles. The predicted octanol–water partition coefficient (Wildman–Crippen LogP) is 3.87. The Labute approximate surface area is 130 Å². The van der Waals surface area contributed by atoms with E-state index in [1.54, 1.807) is 6.07 Å². The Balaban J connectivity index is 1.46. The second-order valence-electron chi connectivity index (χ2n) is 5.73. The van der Waals surface area contributed by atoms with Crippen molar-refractivity contribution in [3.63, 3.8) is 0 Å². The highest BCUT2D eigenvalue weighted by atomic mass is 19.1. The van der Waals surface area contributed by atoms with Gasteiger partial charge in [0.1, 0.15) is 5.82 Å². The van der Waals surface area contributed by atoms with Crippen molar-refractivity contribution in [1.29, 1.82) is 0 Å². The van der Waals surface area contributed by atoms with Crippen molar-refractivity contribution < 1.29 is 9.13 Å². The van der Waals surface area contributed by atoms with Crippen LogP contribution in [0.5, 0.6) is 0 Å². The largest absolute Gasteiger partial charge is 0.376 e. The molecule has 1 aliphatic rings. The number of hydrogen-bond acceptors (Lipinski definition) is 3. The second-order valence-corrected chi connectivity index (χ2v) is 5.73. The number of hydrogen-bond donors (Lipinski definition) is 2. The third kappa shape index (κ3) is 4.55. The molecule has 3 rings (SSSR count). The Hall–Kier alpha value is -1.91. The summed E-state index contributed by atoms with van der Waals surface area (Å²) in [7, 11) is 0. The van der Waals surface area contributed by atoms with Crippen molar-refractivity contribution in [2.24, 2.45) is 5.92 Å². The summed E-state index contributed by atoms with van der Waals surface area (Å²) in [5.41, 5.74) is 8.67. The number of benzene rings is 2. The summed E-state index contributed by atoms with van der Waals surface area (Å²) in [4.78, 5) is 0. The molecular weight excluding hydrogens is 279 g/mol. The van der Waals surface area contributed by atoms with Crippen LogP contribution in [-0.2, 0) is 17.9 Å². The van der Waals surface area contributed by atoms with Gasteiger partial charge >= 0.3 is 0 Å². The van der Waals surface area contributed by atoms with Crippen molar-refractivity contribution in [2.45, 2.75) is 26.0 Å². The maximum Gasteiger partial charge on any atom is 0.129 e. The molecular formula is C18H21FN2O. The van der Waals surface area contributed by atoms with Gasteiger partial charge in [0.15, 0.2) is 0 Å². The van der Waals surface area contributed by atoms with Crippen LogP contribution in [0.4, 0.5) is 10.1 Å². The zero-order chi connectivity index (χ0) is 15.2. The summed E-state index contributed by atoms with van der Waals surface area (Å²) < 4.78 is 19.5. The fraction of sp³-hybridized carbons (Fsp3) is 0.333. The molecule has 0 bridgehead atoms. The summed E-state index contributed by atoms with van der Waals surface area (Å²) >= 11 is 0. The van der Waals surface area contributed by atoms with Gasteiger partial charge in [0.05, 0.1) is 6.61 Å². The molecule has 0 heterocycles. The van der Waals surface area contributed by atoms with Gasteiger partial charge in [-0.2, -0.15) is 0 Å². The highest BCUT2D eigenvalue weighted by Gasteiger charge is 2.21. The minimum absolute atomic E-state index is 0.199. The first-order valence-corrected chi connectivity index (χ1v) is 7.70. The number of hydrazine groups is 1. The van der Waals surface area contributed by atoms with Crippen LogP contribution in [0.25, 0.3) is 0 Å². The minimum atomic E-state index is -0.199. The first-order valence-electron chi connectivity index (χ1n) is 7.70. The van der Waals surface area contributed by atoms with E-state index in [2.05, 4.69) is 10.9 Å². The van der Waals surface area contributed by atoms with Crippen LogP contribution in [0.2, 0.25) is 0 Å². The lowest BCUT2D eigenvalue weighted by molar-refractivity contribution is 0.109. The summed E-state index contributed by atoms with van der Waals surface area (Å²) in [5, 5.41) is 0. The van der Waals surface area contributed by atoms with Gasteiger partial charge < -0.3 is 10.2 Å². The SMILES string of the molecule is Fc1cc(CNNc2ccccc2)ccc1COCC1CC1. The molecule has 1 fully saturated rings. The van der Waals surface area contributed by atoms with E-state index in [0.29, 0.717) is 24.6 Å². The molecule has 2 N–H and O–H groups in total. The lowest BCUT2D eigenvalue weighted by Crippen LogP contribution is -2.20. The molecule has 22 heavy (non-hydrogen) atoms. The maximum absolute atomic E-state index is 14.0. The van der Waals surface area contributed by atoms with E-state index in [9.17, 15) is 4.39 Å². The molecule has 0 atom stereocenters. The fourth-order valence-corrected chi connectivity index (χ4v) is 2.21. The van der Waals surface area contributed by atoms with Crippen molar-refractivity contribution in [2.75, 3.05) is 12.0 Å². The van der Waals surface area contributed by atoms with E-state index in [-0.39, 0.29) is 5.82 Å². The van der Waals surface area contributed by atoms with E-state index in [1.165, 1.54) is 12.8 Å². The Morgan fingerprint density at radius 1 is 1.09 bits per heavy atom. The monoisotopic (exact) mass is 300 g/mol. The number of nitrogens with one attached hydrogen (secondary N) is 2. The average Bonchev–Trinajstić information content (AvgIpc) is 3.35. The van der Waals surface area contributed by atoms with E-state index >= 15 is 0 Å². The zero-order valence-electron chi connectivity index (χ0n) is 12.5. The number of ether oxygens (including phenoxy) is 1.